The minimum atomic E-state index is 0. The summed E-state index contributed by atoms with van der Waals surface area (Å²) < 4.78 is 1.20. The smallest absolute Gasteiger partial charge is 0.0922 e. The normalized spacial score (nSPS) is 11.4. The number of rotatable bonds is 14. The van der Waals surface area contributed by atoms with Gasteiger partial charge in [0.05, 0.1) is 32.6 Å². The second kappa shape index (κ2) is 16.4. The Bertz CT molecular complexity index is 174. The fourth-order valence-electron chi connectivity index (χ4n) is 2.73. The lowest BCUT2D eigenvalue weighted by Gasteiger charge is -2.34. The van der Waals surface area contributed by atoms with Crippen molar-refractivity contribution in [2.24, 2.45) is 0 Å². The first kappa shape index (κ1) is 23.2. The molecule has 0 amide bonds. The van der Waals surface area contributed by atoms with Gasteiger partial charge in [-0.25, -0.2) is 0 Å². The van der Waals surface area contributed by atoms with Crippen molar-refractivity contribution in [1.29, 1.82) is 0 Å². The summed E-state index contributed by atoms with van der Waals surface area (Å²) in [5.74, 6) is 0.806. The monoisotopic (exact) mass is 417 g/mol. The summed E-state index contributed by atoms with van der Waals surface area (Å²) in [4.78, 5) is 0. The van der Waals surface area contributed by atoms with Crippen LogP contribution in [0.3, 0.4) is 0 Å². The van der Waals surface area contributed by atoms with Gasteiger partial charge in [-0.3, -0.25) is 0 Å². The highest BCUT2D eigenvalue weighted by atomic mass is 127. The molecule has 0 aliphatic heterocycles. The molecule has 0 saturated carbocycles. The Balaban J connectivity index is 0. The van der Waals surface area contributed by atoms with Crippen LogP contribution < -0.4 is 24.0 Å². The van der Waals surface area contributed by atoms with E-state index in [0.717, 1.165) is 12.4 Å². The van der Waals surface area contributed by atoms with Gasteiger partial charge in [-0.1, -0.05) is 52.4 Å². The molecule has 0 aliphatic carbocycles. The van der Waals surface area contributed by atoms with Crippen LogP contribution in [-0.4, -0.2) is 37.0 Å². The van der Waals surface area contributed by atoms with Gasteiger partial charge in [-0.2, -0.15) is 0 Å². The van der Waals surface area contributed by atoms with Gasteiger partial charge in [-0.05, 0) is 25.7 Å². The van der Waals surface area contributed by atoms with E-state index in [0.29, 0.717) is 0 Å². The molecule has 0 atom stereocenters. The second-order valence-electron chi connectivity index (χ2n) is 6.31. The molecule has 0 aliphatic rings. The zero-order valence-electron chi connectivity index (χ0n) is 14.1. The molecule has 0 radical (unpaired) electrons. The minimum absolute atomic E-state index is 0. The maximum atomic E-state index is 6.00. The number of hydrogen-bond acceptors (Lipinski definition) is 0. The zero-order chi connectivity index (χ0) is 14.4. The third-order valence-electron chi connectivity index (χ3n) is 4.23. The number of halogens is 2. The number of unbranched alkanes of at least 4 members (excludes halogenated alkanes) is 8. The Hall–Kier alpha value is 0.980. The Morgan fingerprint density at radius 3 is 1.40 bits per heavy atom. The predicted octanol–water partition coefficient (Wildman–Crippen LogP) is 2.62. The van der Waals surface area contributed by atoms with Crippen LogP contribution in [0.2, 0.25) is 0 Å². The molecular formula is C17H37ClIN. The summed E-state index contributed by atoms with van der Waals surface area (Å²) in [6, 6.07) is 0. The fourth-order valence-corrected chi connectivity index (χ4v) is 3.14. The van der Waals surface area contributed by atoms with Crippen LogP contribution in [0.1, 0.15) is 78.1 Å². The number of hydrogen-bond donors (Lipinski definition) is 0. The van der Waals surface area contributed by atoms with Crippen LogP contribution in [0.15, 0.2) is 0 Å². The number of nitrogens with zero attached hydrogens (tertiary/aromatic N) is 1. The Morgan fingerprint density at radius 2 is 1.05 bits per heavy atom. The van der Waals surface area contributed by atoms with Crippen molar-refractivity contribution in [2.45, 2.75) is 78.1 Å². The molecule has 0 fully saturated rings. The van der Waals surface area contributed by atoms with Crippen molar-refractivity contribution in [3.63, 3.8) is 0 Å². The van der Waals surface area contributed by atoms with E-state index in [1.54, 1.807) is 0 Å². The van der Waals surface area contributed by atoms with Crippen molar-refractivity contribution in [1.82, 2.24) is 0 Å². The summed E-state index contributed by atoms with van der Waals surface area (Å²) in [5.41, 5.74) is 0. The third-order valence-corrected chi connectivity index (χ3v) is 4.40. The van der Waals surface area contributed by atoms with E-state index in [2.05, 4.69) is 20.9 Å². The highest BCUT2D eigenvalue weighted by Gasteiger charge is 2.19. The van der Waals surface area contributed by atoms with E-state index in [9.17, 15) is 0 Å². The van der Waals surface area contributed by atoms with Crippen LogP contribution >= 0.6 is 11.6 Å². The average molecular weight is 418 g/mol. The highest BCUT2D eigenvalue weighted by molar-refractivity contribution is 6.17. The number of alkyl halides is 1. The van der Waals surface area contributed by atoms with E-state index < -0.39 is 0 Å². The van der Waals surface area contributed by atoms with Crippen LogP contribution in [0.5, 0.6) is 0 Å². The Kier molecular flexibility index (Phi) is 19.0. The lowest BCUT2D eigenvalue weighted by atomic mass is 10.1. The van der Waals surface area contributed by atoms with Crippen molar-refractivity contribution >= 4 is 11.6 Å². The first-order valence-corrected chi connectivity index (χ1v) is 9.11. The van der Waals surface area contributed by atoms with Crippen molar-refractivity contribution in [3.05, 3.63) is 0 Å². The molecule has 0 heterocycles. The highest BCUT2D eigenvalue weighted by Crippen LogP contribution is 2.13. The zero-order valence-corrected chi connectivity index (χ0v) is 17.0. The summed E-state index contributed by atoms with van der Waals surface area (Å²) >= 11 is 6.00. The van der Waals surface area contributed by atoms with E-state index in [1.807, 2.05) is 0 Å². The van der Waals surface area contributed by atoms with E-state index in [1.165, 1.54) is 81.8 Å². The van der Waals surface area contributed by atoms with Crippen molar-refractivity contribution < 1.29 is 28.5 Å². The van der Waals surface area contributed by atoms with E-state index in [-0.39, 0.29) is 24.0 Å². The molecular weight excluding hydrogens is 381 g/mol. The molecule has 0 aromatic rings. The first-order chi connectivity index (χ1) is 9.18. The van der Waals surface area contributed by atoms with Gasteiger partial charge in [0.2, 0.25) is 0 Å². The van der Waals surface area contributed by atoms with E-state index in [4.69, 9.17) is 11.6 Å². The molecule has 0 saturated heterocycles. The van der Waals surface area contributed by atoms with Gasteiger partial charge in [0.15, 0.2) is 0 Å². The lowest BCUT2D eigenvalue weighted by Crippen LogP contribution is -3.00. The summed E-state index contributed by atoms with van der Waals surface area (Å²) in [5, 5.41) is 0. The Morgan fingerprint density at radius 1 is 0.650 bits per heavy atom. The van der Waals surface area contributed by atoms with Crippen LogP contribution in [0.25, 0.3) is 0 Å². The lowest BCUT2D eigenvalue weighted by molar-refractivity contribution is -0.907. The number of quaternary nitrogens is 1. The molecule has 0 N–H and O–H groups in total. The summed E-state index contributed by atoms with van der Waals surface area (Å²) in [7, 11) is 2.40. The molecule has 0 rings (SSSR count). The minimum Gasteiger partial charge on any atom is -1.00 e. The maximum Gasteiger partial charge on any atom is 0.0922 e. The molecule has 20 heavy (non-hydrogen) atoms. The molecule has 0 unspecified atom stereocenters. The fraction of sp³-hybridized carbons (Fsp3) is 1.00. The molecule has 1 nitrogen and oxygen atoms in total. The molecule has 0 aromatic carbocycles. The van der Waals surface area contributed by atoms with Gasteiger partial charge in [0, 0.05) is 0 Å². The SMILES string of the molecule is CCCCCCC[N+](C)(CCCl)CCCCCCC.[I-]. The van der Waals surface area contributed by atoms with Gasteiger partial charge < -0.3 is 28.5 Å². The third kappa shape index (κ3) is 13.9. The Labute approximate surface area is 150 Å². The van der Waals surface area contributed by atoms with E-state index >= 15 is 0 Å². The molecule has 124 valence electrons. The molecule has 3 heteroatoms. The van der Waals surface area contributed by atoms with Gasteiger partial charge >= 0.3 is 0 Å². The van der Waals surface area contributed by atoms with Gasteiger partial charge in [0.25, 0.3) is 0 Å². The maximum absolute atomic E-state index is 6.00. The van der Waals surface area contributed by atoms with Crippen LogP contribution in [0, 0.1) is 0 Å². The second-order valence-corrected chi connectivity index (χ2v) is 6.69. The van der Waals surface area contributed by atoms with Crippen molar-refractivity contribution in [2.75, 3.05) is 32.6 Å². The summed E-state index contributed by atoms with van der Waals surface area (Å²) in [6.07, 6.45) is 13.9. The molecule has 0 bridgehead atoms. The van der Waals surface area contributed by atoms with Gasteiger partial charge in [0.1, 0.15) is 0 Å². The molecule has 0 aromatic heterocycles. The van der Waals surface area contributed by atoms with Crippen LogP contribution in [0.4, 0.5) is 0 Å². The molecule has 0 spiro atoms. The standard InChI is InChI=1S/C17H37ClN.HI/c1-4-6-8-10-12-15-19(3,17-14-18)16-13-11-9-7-5-2;/h4-17H2,1-3H3;1H/q+1;/p-1. The van der Waals surface area contributed by atoms with Crippen molar-refractivity contribution in [3.8, 4) is 0 Å². The quantitative estimate of drug-likeness (QED) is 0.176. The van der Waals surface area contributed by atoms with Gasteiger partial charge in [-0.15, -0.1) is 11.6 Å². The van der Waals surface area contributed by atoms with Crippen LogP contribution in [-0.2, 0) is 0 Å². The summed E-state index contributed by atoms with van der Waals surface area (Å²) in [6.45, 7) is 8.35. The topological polar surface area (TPSA) is 0 Å². The average Bonchev–Trinajstić information content (AvgIpc) is 2.39. The first-order valence-electron chi connectivity index (χ1n) is 8.58. The largest absolute Gasteiger partial charge is 1.00 e. The predicted molar refractivity (Wildman–Crippen MR) is 89.0 cm³/mol.